The molecule has 1 fully saturated rings. The van der Waals surface area contributed by atoms with E-state index in [2.05, 4.69) is 5.32 Å². The topological polar surface area (TPSA) is 75.7 Å². The van der Waals surface area contributed by atoms with Crippen LogP contribution in [0.15, 0.2) is 6.07 Å². The van der Waals surface area contributed by atoms with Crippen LogP contribution in [0.2, 0.25) is 20.1 Å². The van der Waals surface area contributed by atoms with E-state index in [4.69, 9.17) is 51.1 Å². The number of hydrogen-bond acceptors (Lipinski definition) is 4. The number of nitrogens with one attached hydrogen (secondary N) is 1. The van der Waals surface area contributed by atoms with Gasteiger partial charge in [-0.15, -0.1) is 0 Å². The number of nitrogens with zero attached hydrogens (tertiary/aromatic N) is 1. The van der Waals surface area contributed by atoms with Crippen LogP contribution in [-0.4, -0.2) is 42.9 Å². The van der Waals surface area contributed by atoms with Gasteiger partial charge in [-0.25, -0.2) is 0 Å². The van der Waals surface area contributed by atoms with Gasteiger partial charge in [0.1, 0.15) is 0 Å². The van der Waals surface area contributed by atoms with Gasteiger partial charge in [0, 0.05) is 20.0 Å². The third kappa shape index (κ3) is 4.25. The first-order valence-electron chi connectivity index (χ1n) is 6.74. The molecule has 0 aromatic heterocycles. The summed E-state index contributed by atoms with van der Waals surface area (Å²) in [4.78, 5) is 36.6. The van der Waals surface area contributed by atoms with Crippen LogP contribution in [0.3, 0.4) is 0 Å². The van der Waals surface area contributed by atoms with Gasteiger partial charge in [-0.2, -0.15) is 0 Å². The summed E-state index contributed by atoms with van der Waals surface area (Å²) in [6, 6.07) is 1.34. The predicted octanol–water partition coefficient (Wildman–Crippen LogP) is 3.26. The molecule has 0 radical (unpaired) electrons. The number of anilines is 1. The second kappa shape index (κ2) is 7.78. The number of esters is 1. The molecule has 1 aromatic carbocycles. The van der Waals surface area contributed by atoms with Gasteiger partial charge >= 0.3 is 5.97 Å². The number of amides is 2. The third-order valence-electron chi connectivity index (χ3n) is 3.40. The molecule has 1 unspecified atom stereocenters. The van der Waals surface area contributed by atoms with Crippen LogP contribution in [0, 0.1) is 5.92 Å². The van der Waals surface area contributed by atoms with Crippen molar-refractivity contribution in [3.8, 4) is 0 Å². The molecule has 0 aliphatic carbocycles. The zero-order chi connectivity index (χ0) is 18.0. The first-order chi connectivity index (χ1) is 11.2. The smallest absolute Gasteiger partial charge is 0.311 e. The van der Waals surface area contributed by atoms with Crippen molar-refractivity contribution in [2.75, 3.05) is 25.5 Å². The summed E-state index contributed by atoms with van der Waals surface area (Å²) in [5.41, 5.74) is 0.0349. The number of carbonyl (C=O) groups is 3. The quantitative estimate of drug-likeness (QED) is 0.607. The average Bonchev–Trinajstić information content (AvgIpc) is 2.86. The maximum absolute atomic E-state index is 11.9. The number of ether oxygens (including phenoxy) is 1. The molecule has 2 rings (SSSR count). The summed E-state index contributed by atoms with van der Waals surface area (Å²) < 4.78 is 4.91. The van der Waals surface area contributed by atoms with E-state index in [1.807, 2.05) is 0 Å². The fourth-order valence-electron chi connectivity index (χ4n) is 2.13. The van der Waals surface area contributed by atoms with Crippen molar-refractivity contribution in [1.29, 1.82) is 0 Å². The fourth-order valence-corrected chi connectivity index (χ4v) is 3.04. The van der Waals surface area contributed by atoms with Crippen LogP contribution >= 0.6 is 46.4 Å². The van der Waals surface area contributed by atoms with Crippen molar-refractivity contribution >= 4 is 69.9 Å². The Labute approximate surface area is 157 Å². The van der Waals surface area contributed by atoms with Crippen LogP contribution in [0.1, 0.15) is 6.42 Å². The zero-order valence-electron chi connectivity index (χ0n) is 12.4. The Morgan fingerprint density at radius 3 is 2.33 bits per heavy atom. The van der Waals surface area contributed by atoms with Gasteiger partial charge in [-0.3, -0.25) is 14.4 Å². The van der Waals surface area contributed by atoms with E-state index in [1.54, 1.807) is 7.05 Å². The number of carbonyl (C=O) groups excluding carboxylic acids is 3. The van der Waals surface area contributed by atoms with Crippen LogP contribution in [0.4, 0.5) is 5.69 Å². The molecule has 2 amide bonds. The van der Waals surface area contributed by atoms with Gasteiger partial charge < -0.3 is 15.0 Å². The molecule has 1 N–H and O–H groups in total. The Morgan fingerprint density at radius 2 is 1.83 bits per heavy atom. The SMILES string of the molecule is CN1CC(C(=O)OCC(=O)Nc2c(Cl)c(Cl)cc(Cl)c2Cl)CC1=O. The summed E-state index contributed by atoms with van der Waals surface area (Å²) in [5, 5.41) is 2.67. The molecule has 1 aliphatic rings. The maximum atomic E-state index is 11.9. The number of benzene rings is 1. The van der Waals surface area contributed by atoms with Gasteiger partial charge in [-0.05, 0) is 6.07 Å². The van der Waals surface area contributed by atoms with Gasteiger partial charge in [0.2, 0.25) is 5.91 Å². The summed E-state index contributed by atoms with van der Waals surface area (Å²) in [7, 11) is 1.59. The summed E-state index contributed by atoms with van der Waals surface area (Å²) in [5.74, 6) is -2.01. The summed E-state index contributed by atoms with van der Waals surface area (Å²) in [6.45, 7) is -0.287. The summed E-state index contributed by atoms with van der Waals surface area (Å²) >= 11 is 23.7. The maximum Gasteiger partial charge on any atom is 0.311 e. The van der Waals surface area contributed by atoms with E-state index >= 15 is 0 Å². The van der Waals surface area contributed by atoms with Crippen LogP contribution in [0.5, 0.6) is 0 Å². The van der Waals surface area contributed by atoms with Crippen molar-refractivity contribution in [2.24, 2.45) is 5.92 Å². The van der Waals surface area contributed by atoms with E-state index in [0.717, 1.165) is 0 Å². The van der Waals surface area contributed by atoms with E-state index < -0.39 is 24.4 Å². The van der Waals surface area contributed by atoms with E-state index in [0.29, 0.717) is 0 Å². The Kier molecular flexibility index (Phi) is 6.20. The molecule has 1 saturated heterocycles. The monoisotopic (exact) mass is 412 g/mol. The van der Waals surface area contributed by atoms with Crippen molar-refractivity contribution < 1.29 is 19.1 Å². The lowest BCUT2D eigenvalue weighted by Crippen LogP contribution is -2.26. The standard InChI is InChI=1S/C14H12Cl4N2O4/c1-20-4-6(2-10(20)22)14(23)24-5-9(21)19-13-11(17)7(15)3-8(16)12(13)18/h3,6H,2,4-5H2,1H3,(H,19,21). The molecule has 1 atom stereocenters. The highest BCUT2D eigenvalue weighted by Gasteiger charge is 2.33. The first kappa shape index (κ1) is 19.1. The highest BCUT2D eigenvalue weighted by atomic mass is 35.5. The Hall–Kier alpha value is -1.21. The van der Waals surface area contributed by atoms with Crippen molar-refractivity contribution in [3.05, 3.63) is 26.2 Å². The second-order valence-corrected chi connectivity index (χ2v) is 6.74. The van der Waals surface area contributed by atoms with E-state index in [1.165, 1.54) is 11.0 Å². The molecule has 0 spiro atoms. The normalized spacial score (nSPS) is 17.1. The Morgan fingerprint density at radius 1 is 1.25 bits per heavy atom. The molecular weight excluding hydrogens is 402 g/mol. The molecule has 6 nitrogen and oxygen atoms in total. The molecule has 1 heterocycles. The van der Waals surface area contributed by atoms with E-state index in [-0.39, 0.29) is 44.7 Å². The lowest BCUT2D eigenvalue weighted by molar-refractivity contribution is -0.151. The minimum Gasteiger partial charge on any atom is -0.455 e. The zero-order valence-corrected chi connectivity index (χ0v) is 15.4. The van der Waals surface area contributed by atoms with Gasteiger partial charge in [-0.1, -0.05) is 46.4 Å². The largest absolute Gasteiger partial charge is 0.455 e. The lowest BCUT2D eigenvalue weighted by atomic mass is 10.1. The number of halogens is 4. The van der Waals surface area contributed by atoms with Gasteiger partial charge in [0.25, 0.3) is 5.91 Å². The van der Waals surface area contributed by atoms with Crippen LogP contribution in [-0.2, 0) is 19.1 Å². The fraction of sp³-hybridized carbons (Fsp3) is 0.357. The van der Waals surface area contributed by atoms with E-state index in [9.17, 15) is 14.4 Å². The number of rotatable bonds is 4. The minimum atomic E-state index is -0.664. The molecule has 0 bridgehead atoms. The van der Waals surface area contributed by atoms with Gasteiger partial charge in [0.15, 0.2) is 6.61 Å². The lowest BCUT2D eigenvalue weighted by Gasteiger charge is -2.13. The summed E-state index contributed by atoms with van der Waals surface area (Å²) in [6.07, 6.45) is 0.0680. The van der Waals surface area contributed by atoms with Crippen molar-refractivity contribution in [3.63, 3.8) is 0 Å². The molecule has 1 aromatic rings. The first-order valence-corrected chi connectivity index (χ1v) is 8.25. The molecule has 0 saturated carbocycles. The highest BCUT2D eigenvalue weighted by molar-refractivity contribution is 6.50. The molecule has 1 aliphatic heterocycles. The predicted molar refractivity (Wildman–Crippen MR) is 91.8 cm³/mol. The molecule has 24 heavy (non-hydrogen) atoms. The Balaban J connectivity index is 1.95. The Bertz CT molecular complexity index is 684. The molecular formula is C14H12Cl4N2O4. The third-order valence-corrected chi connectivity index (χ3v) is 4.97. The van der Waals surface area contributed by atoms with Crippen LogP contribution < -0.4 is 5.32 Å². The van der Waals surface area contributed by atoms with Crippen LogP contribution in [0.25, 0.3) is 0 Å². The van der Waals surface area contributed by atoms with Gasteiger partial charge in [0.05, 0.1) is 31.7 Å². The van der Waals surface area contributed by atoms with Crippen molar-refractivity contribution in [2.45, 2.75) is 6.42 Å². The van der Waals surface area contributed by atoms with Crippen molar-refractivity contribution in [1.82, 2.24) is 4.90 Å². The highest BCUT2D eigenvalue weighted by Crippen LogP contribution is 2.40. The number of hydrogen-bond donors (Lipinski definition) is 1. The molecule has 10 heteroatoms. The number of likely N-dealkylation sites (tertiary alicyclic amines) is 1. The average molecular weight is 414 g/mol. The second-order valence-electron chi connectivity index (χ2n) is 5.17. The molecule has 130 valence electrons. The minimum absolute atomic E-state index is 0.0220.